The van der Waals surface area contributed by atoms with E-state index in [1.165, 1.54) is 11.3 Å². The molecule has 1 aromatic carbocycles. The minimum atomic E-state index is 0.570. The summed E-state index contributed by atoms with van der Waals surface area (Å²) in [6.07, 6.45) is 1.61. The molecule has 4 nitrogen and oxygen atoms in total. The summed E-state index contributed by atoms with van der Waals surface area (Å²) in [5.74, 6) is 1.76. The van der Waals surface area contributed by atoms with Gasteiger partial charge in [0.15, 0.2) is 0 Å². The van der Waals surface area contributed by atoms with Crippen molar-refractivity contribution in [1.82, 2.24) is 9.97 Å². The van der Waals surface area contributed by atoms with Crippen molar-refractivity contribution in [2.24, 2.45) is 0 Å². The molecule has 1 aliphatic heterocycles. The zero-order chi connectivity index (χ0) is 13.9. The Morgan fingerprint density at radius 1 is 1.35 bits per heavy atom. The van der Waals surface area contributed by atoms with E-state index in [4.69, 9.17) is 21.7 Å². The van der Waals surface area contributed by atoms with Crippen LogP contribution in [-0.4, -0.2) is 23.7 Å². The van der Waals surface area contributed by atoms with Crippen molar-refractivity contribution in [3.63, 3.8) is 0 Å². The summed E-state index contributed by atoms with van der Waals surface area (Å²) >= 11 is 5.35. The van der Waals surface area contributed by atoms with Crippen LogP contribution in [0.4, 0.5) is 0 Å². The van der Waals surface area contributed by atoms with E-state index in [0.29, 0.717) is 11.2 Å². The first-order valence-corrected chi connectivity index (χ1v) is 6.98. The van der Waals surface area contributed by atoms with Crippen molar-refractivity contribution in [3.8, 4) is 5.75 Å². The molecular weight excluding hydrogens is 272 g/mol. The zero-order valence-corrected chi connectivity index (χ0v) is 12.1. The molecule has 0 radical (unpaired) electrons. The van der Waals surface area contributed by atoms with Crippen molar-refractivity contribution in [3.05, 3.63) is 51.6 Å². The number of hydrogen-bond acceptors (Lipinski definition) is 4. The monoisotopic (exact) mass is 288 g/mol. The second-order valence-electron chi connectivity index (χ2n) is 4.77. The Morgan fingerprint density at radius 2 is 2.15 bits per heavy atom. The fourth-order valence-corrected chi connectivity index (χ4v) is 2.62. The van der Waals surface area contributed by atoms with Crippen LogP contribution in [-0.2, 0) is 24.2 Å². The number of methoxy groups -OCH3 is 1. The molecule has 0 fully saturated rings. The summed E-state index contributed by atoms with van der Waals surface area (Å²) in [6, 6.07) is 7.99. The summed E-state index contributed by atoms with van der Waals surface area (Å²) in [7, 11) is 1.67. The van der Waals surface area contributed by atoms with E-state index >= 15 is 0 Å². The Kier molecular flexibility index (Phi) is 3.80. The second kappa shape index (κ2) is 5.73. The van der Waals surface area contributed by atoms with Gasteiger partial charge in [-0.25, -0.2) is 4.98 Å². The Hall–Kier alpha value is -1.72. The van der Waals surface area contributed by atoms with Crippen LogP contribution in [0.3, 0.4) is 0 Å². The first-order chi connectivity index (χ1) is 9.76. The molecule has 2 aromatic rings. The minimum Gasteiger partial charge on any atom is -0.497 e. The highest BCUT2D eigenvalue weighted by Crippen LogP contribution is 2.18. The highest BCUT2D eigenvalue weighted by atomic mass is 32.1. The van der Waals surface area contributed by atoms with Crippen LogP contribution in [0, 0.1) is 4.64 Å². The molecule has 20 heavy (non-hydrogen) atoms. The smallest absolute Gasteiger partial charge is 0.135 e. The fraction of sp³-hybridized carbons (Fsp3) is 0.333. The normalized spacial score (nSPS) is 13.8. The lowest BCUT2D eigenvalue weighted by Gasteiger charge is -2.17. The van der Waals surface area contributed by atoms with E-state index in [1.54, 1.807) is 7.11 Å². The van der Waals surface area contributed by atoms with Gasteiger partial charge < -0.3 is 14.5 Å². The fourth-order valence-electron chi connectivity index (χ4n) is 2.33. The van der Waals surface area contributed by atoms with E-state index in [2.05, 4.69) is 9.97 Å². The number of H-pyrrole nitrogens is 1. The SMILES string of the molecule is COc1ccc(Cc2nc(=S)c3c([nH]2)CCOC3)cc1. The quantitative estimate of drug-likeness (QED) is 0.882. The molecule has 0 spiro atoms. The van der Waals surface area contributed by atoms with Crippen LogP contribution in [0.15, 0.2) is 24.3 Å². The second-order valence-corrected chi connectivity index (χ2v) is 5.16. The Bertz CT molecular complexity index is 665. The molecule has 2 heterocycles. The van der Waals surface area contributed by atoms with Gasteiger partial charge in [0.25, 0.3) is 0 Å². The van der Waals surface area contributed by atoms with Crippen LogP contribution >= 0.6 is 12.2 Å². The van der Waals surface area contributed by atoms with Gasteiger partial charge in [-0.3, -0.25) is 0 Å². The van der Waals surface area contributed by atoms with Gasteiger partial charge in [-0.05, 0) is 17.7 Å². The lowest BCUT2D eigenvalue weighted by atomic mass is 10.1. The number of benzene rings is 1. The first-order valence-electron chi connectivity index (χ1n) is 6.58. The maximum Gasteiger partial charge on any atom is 0.135 e. The molecule has 1 aliphatic rings. The average molecular weight is 288 g/mol. The summed E-state index contributed by atoms with van der Waals surface area (Å²) in [4.78, 5) is 7.87. The molecule has 1 N–H and O–H groups in total. The number of aromatic amines is 1. The summed E-state index contributed by atoms with van der Waals surface area (Å²) in [5, 5.41) is 0. The van der Waals surface area contributed by atoms with Gasteiger partial charge in [0, 0.05) is 24.1 Å². The van der Waals surface area contributed by atoms with Crippen molar-refractivity contribution in [2.45, 2.75) is 19.4 Å². The Balaban J connectivity index is 1.87. The molecule has 0 saturated heterocycles. The summed E-state index contributed by atoms with van der Waals surface area (Å²) in [5.41, 5.74) is 3.38. The van der Waals surface area contributed by atoms with E-state index in [0.717, 1.165) is 36.6 Å². The highest BCUT2D eigenvalue weighted by molar-refractivity contribution is 7.71. The molecule has 0 unspecified atom stereocenters. The van der Waals surface area contributed by atoms with E-state index in [1.807, 2.05) is 24.3 Å². The molecule has 1 aromatic heterocycles. The topological polar surface area (TPSA) is 47.1 Å². The van der Waals surface area contributed by atoms with Gasteiger partial charge >= 0.3 is 0 Å². The third kappa shape index (κ3) is 2.73. The molecular formula is C15H16N2O2S. The molecule has 3 rings (SSSR count). The van der Waals surface area contributed by atoms with Crippen molar-refractivity contribution >= 4 is 12.2 Å². The predicted molar refractivity (Wildman–Crippen MR) is 78.6 cm³/mol. The number of aromatic nitrogens is 2. The maximum absolute atomic E-state index is 5.42. The van der Waals surface area contributed by atoms with Crippen molar-refractivity contribution < 1.29 is 9.47 Å². The van der Waals surface area contributed by atoms with E-state index in [9.17, 15) is 0 Å². The standard InChI is InChI=1S/C15H16N2O2S/c1-18-11-4-2-10(3-5-11)8-14-16-13-6-7-19-9-12(13)15(20)17-14/h2-5H,6-9H2,1H3,(H,16,17,20). The maximum atomic E-state index is 5.42. The van der Waals surface area contributed by atoms with Crippen LogP contribution in [0.5, 0.6) is 5.75 Å². The van der Waals surface area contributed by atoms with Gasteiger partial charge in [-0.2, -0.15) is 0 Å². The third-order valence-electron chi connectivity index (χ3n) is 3.43. The number of rotatable bonds is 3. The molecule has 5 heteroatoms. The van der Waals surface area contributed by atoms with Crippen LogP contribution in [0.1, 0.15) is 22.6 Å². The van der Waals surface area contributed by atoms with Gasteiger partial charge in [-0.15, -0.1) is 0 Å². The van der Waals surface area contributed by atoms with Gasteiger partial charge in [0.05, 0.1) is 20.3 Å². The van der Waals surface area contributed by atoms with Crippen molar-refractivity contribution in [1.29, 1.82) is 0 Å². The zero-order valence-electron chi connectivity index (χ0n) is 11.3. The Morgan fingerprint density at radius 3 is 2.90 bits per heavy atom. The van der Waals surface area contributed by atoms with Gasteiger partial charge in [0.1, 0.15) is 16.2 Å². The summed E-state index contributed by atoms with van der Waals surface area (Å²) in [6.45, 7) is 1.31. The molecule has 0 aliphatic carbocycles. The highest BCUT2D eigenvalue weighted by Gasteiger charge is 2.13. The van der Waals surface area contributed by atoms with Crippen LogP contribution in [0.2, 0.25) is 0 Å². The van der Waals surface area contributed by atoms with E-state index < -0.39 is 0 Å². The largest absolute Gasteiger partial charge is 0.497 e. The minimum absolute atomic E-state index is 0.570. The number of nitrogens with zero attached hydrogens (tertiary/aromatic N) is 1. The van der Waals surface area contributed by atoms with Crippen molar-refractivity contribution in [2.75, 3.05) is 13.7 Å². The number of nitrogens with one attached hydrogen (secondary N) is 1. The lowest BCUT2D eigenvalue weighted by Crippen LogP contribution is -2.15. The molecule has 104 valence electrons. The third-order valence-corrected chi connectivity index (χ3v) is 3.77. The first kappa shape index (κ1) is 13.3. The molecule has 0 atom stereocenters. The van der Waals surface area contributed by atoms with E-state index in [-0.39, 0.29) is 0 Å². The lowest BCUT2D eigenvalue weighted by molar-refractivity contribution is 0.108. The Labute approximate surface area is 122 Å². The number of fused-ring (bicyclic) bond motifs is 1. The summed E-state index contributed by atoms with van der Waals surface area (Å²) < 4.78 is 11.2. The number of ether oxygens (including phenoxy) is 2. The molecule has 0 saturated carbocycles. The van der Waals surface area contributed by atoms with Crippen LogP contribution < -0.4 is 4.74 Å². The number of hydrogen-bond donors (Lipinski definition) is 1. The molecule has 0 amide bonds. The van der Waals surface area contributed by atoms with Crippen LogP contribution in [0.25, 0.3) is 0 Å². The average Bonchev–Trinajstić information content (AvgIpc) is 2.48. The predicted octanol–water partition coefficient (Wildman–Crippen LogP) is 2.81. The molecule has 0 bridgehead atoms. The van der Waals surface area contributed by atoms with Gasteiger partial charge in [-0.1, -0.05) is 24.4 Å². The van der Waals surface area contributed by atoms with Gasteiger partial charge in [0.2, 0.25) is 0 Å².